The summed E-state index contributed by atoms with van der Waals surface area (Å²) in [6, 6.07) is 7.58. The fourth-order valence-corrected chi connectivity index (χ4v) is 6.45. The summed E-state index contributed by atoms with van der Waals surface area (Å²) >= 11 is 1.44. The first-order valence-electron chi connectivity index (χ1n) is 13.2. The molecule has 0 aliphatic carbocycles. The normalized spacial score (nSPS) is 22.0. The molecule has 0 bridgehead atoms. The zero-order valence-electron chi connectivity index (χ0n) is 21.4. The third kappa shape index (κ3) is 5.14. The molecule has 3 amide bonds. The lowest BCUT2D eigenvalue weighted by molar-refractivity contribution is -0.138. The van der Waals surface area contributed by atoms with Crippen molar-refractivity contribution in [1.29, 1.82) is 0 Å². The predicted octanol–water partition coefficient (Wildman–Crippen LogP) is 3.19. The minimum Gasteiger partial charge on any atom is -0.372 e. The van der Waals surface area contributed by atoms with Gasteiger partial charge in [-0.2, -0.15) is 11.3 Å². The molecule has 1 N–H and O–H groups in total. The Hall–Kier alpha value is -3.20. The molecule has 4 heterocycles. The van der Waals surface area contributed by atoms with E-state index in [1.54, 1.807) is 33.4 Å². The number of nitrogens with zero attached hydrogens (tertiary/aromatic N) is 3. The molecule has 37 heavy (non-hydrogen) atoms. The van der Waals surface area contributed by atoms with Gasteiger partial charge in [0.05, 0.1) is 18.2 Å². The van der Waals surface area contributed by atoms with Crippen molar-refractivity contribution in [2.75, 3.05) is 31.1 Å². The van der Waals surface area contributed by atoms with Crippen LogP contribution in [-0.4, -0.2) is 77.6 Å². The monoisotopic (exact) mass is 522 g/mol. The van der Waals surface area contributed by atoms with Crippen LogP contribution in [0.2, 0.25) is 0 Å². The molecule has 3 saturated heterocycles. The van der Waals surface area contributed by atoms with E-state index in [0.29, 0.717) is 30.5 Å². The molecule has 0 saturated carbocycles. The summed E-state index contributed by atoms with van der Waals surface area (Å²) in [6.45, 7) is 6.48. The topological polar surface area (TPSA) is 90.0 Å². The Labute approximate surface area is 221 Å². The lowest BCUT2D eigenvalue weighted by atomic mass is 10.0. The second-order valence-electron chi connectivity index (χ2n) is 10.6. The summed E-state index contributed by atoms with van der Waals surface area (Å²) in [5.41, 5.74) is 2.19. The maximum atomic E-state index is 13.7. The van der Waals surface area contributed by atoms with E-state index in [4.69, 9.17) is 0 Å². The van der Waals surface area contributed by atoms with E-state index in [0.717, 1.165) is 18.8 Å². The molecule has 8 nitrogen and oxygen atoms in total. The highest BCUT2D eigenvalue weighted by molar-refractivity contribution is 7.08. The first-order chi connectivity index (χ1) is 17.8. The van der Waals surface area contributed by atoms with Gasteiger partial charge < -0.3 is 20.0 Å². The van der Waals surface area contributed by atoms with Crippen LogP contribution in [-0.2, 0) is 9.59 Å². The quantitative estimate of drug-likeness (QED) is 0.603. The van der Waals surface area contributed by atoms with E-state index in [-0.39, 0.29) is 42.0 Å². The molecule has 5 rings (SSSR count). The lowest BCUT2D eigenvalue weighted by Crippen LogP contribution is -2.53. The van der Waals surface area contributed by atoms with Crippen LogP contribution in [0.15, 0.2) is 41.1 Å². The number of hydrogen-bond donors (Lipinski definition) is 1. The van der Waals surface area contributed by atoms with Crippen molar-refractivity contribution in [2.45, 2.75) is 57.7 Å². The first kappa shape index (κ1) is 25.4. The first-order valence-corrected chi connectivity index (χ1v) is 14.1. The Kier molecular flexibility index (Phi) is 7.33. The molecule has 3 aliphatic rings. The van der Waals surface area contributed by atoms with E-state index >= 15 is 0 Å². The number of fused-ring (bicyclic) bond motifs is 1. The molecular formula is C28H34N4O4S. The molecule has 3 fully saturated rings. The van der Waals surface area contributed by atoms with Crippen molar-refractivity contribution in [3.05, 3.63) is 52.2 Å². The Morgan fingerprint density at radius 2 is 1.73 bits per heavy atom. The van der Waals surface area contributed by atoms with Crippen LogP contribution in [0.1, 0.15) is 60.2 Å². The number of rotatable bonds is 7. The molecule has 3 atom stereocenters. The van der Waals surface area contributed by atoms with Crippen LogP contribution in [0, 0.1) is 5.92 Å². The number of nitrogens with one attached hydrogen (secondary N) is 1. The van der Waals surface area contributed by atoms with E-state index < -0.39 is 12.1 Å². The van der Waals surface area contributed by atoms with Crippen molar-refractivity contribution in [3.8, 4) is 0 Å². The van der Waals surface area contributed by atoms with Crippen molar-refractivity contribution in [3.63, 3.8) is 0 Å². The van der Waals surface area contributed by atoms with Crippen LogP contribution < -0.4 is 10.2 Å². The van der Waals surface area contributed by atoms with E-state index in [1.165, 1.54) is 24.2 Å². The smallest absolute Gasteiger partial charge is 0.255 e. The van der Waals surface area contributed by atoms with Gasteiger partial charge in [-0.3, -0.25) is 19.2 Å². The van der Waals surface area contributed by atoms with Crippen molar-refractivity contribution < 1.29 is 19.2 Å². The summed E-state index contributed by atoms with van der Waals surface area (Å²) in [5.74, 6) is -0.662. The van der Waals surface area contributed by atoms with Crippen molar-refractivity contribution in [2.24, 2.45) is 5.92 Å². The van der Waals surface area contributed by atoms with Gasteiger partial charge in [0.15, 0.2) is 5.78 Å². The molecule has 196 valence electrons. The highest BCUT2D eigenvalue weighted by Crippen LogP contribution is 2.32. The van der Waals surface area contributed by atoms with Gasteiger partial charge in [0.25, 0.3) is 11.8 Å². The molecule has 3 aliphatic heterocycles. The fraction of sp³-hybridized carbons (Fsp3) is 0.500. The lowest BCUT2D eigenvalue weighted by Gasteiger charge is -2.29. The fourth-order valence-electron chi connectivity index (χ4n) is 5.82. The highest BCUT2D eigenvalue weighted by Gasteiger charge is 2.52. The Morgan fingerprint density at radius 3 is 2.38 bits per heavy atom. The molecule has 0 radical (unpaired) electrons. The third-order valence-electron chi connectivity index (χ3n) is 7.65. The zero-order valence-corrected chi connectivity index (χ0v) is 22.2. The average Bonchev–Trinajstić information content (AvgIpc) is 3.69. The number of amides is 3. The Balaban J connectivity index is 1.28. The highest BCUT2D eigenvalue weighted by atomic mass is 32.1. The number of likely N-dealkylation sites (tertiary alicyclic amines) is 2. The number of benzene rings is 1. The van der Waals surface area contributed by atoms with E-state index in [1.807, 2.05) is 31.4 Å². The maximum absolute atomic E-state index is 13.7. The number of Topliss-reactive ketones (excluding diaryl/α,β-unsaturated/α-hetero) is 1. The second kappa shape index (κ2) is 10.7. The van der Waals surface area contributed by atoms with E-state index in [2.05, 4.69) is 10.2 Å². The van der Waals surface area contributed by atoms with E-state index in [9.17, 15) is 19.2 Å². The van der Waals surface area contributed by atoms with Crippen LogP contribution in [0.4, 0.5) is 5.69 Å². The largest absolute Gasteiger partial charge is 0.372 e. The third-order valence-corrected chi connectivity index (χ3v) is 8.33. The molecule has 2 aromatic rings. The maximum Gasteiger partial charge on any atom is 0.255 e. The molecule has 0 spiro atoms. The van der Waals surface area contributed by atoms with Gasteiger partial charge in [0.1, 0.15) is 12.1 Å². The van der Waals surface area contributed by atoms with Gasteiger partial charge >= 0.3 is 0 Å². The van der Waals surface area contributed by atoms with Gasteiger partial charge in [-0.1, -0.05) is 13.8 Å². The van der Waals surface area contributed by atoms with Crippen LogP contribution in [0.25, 0.3) is 0 Å². The molecule has 3 unspecified atom stereocenters. The average molecular weight is 523 g/mol. The number of thiophene rings is 1. The zero-order chi connectivity index (χ0) is 26.1. The second-order valence-corrected chi connectivity index (χ2v) is 11.4. The molecule has 1 aromatic heterocycles. The molecule has 1 aromatic carbocycles. The van der Waals surface area contributed by atoms with Crippen LogP contribution in [0.3, 0.4) is 0 Å². The van der Waals surface area contributed by atoms with Crippen molar-refractivity contribution >= 4 is 40.5 Å². The summed E-state index contributed by atoms with van der Waals surface area (Å²) in [4.78, 5) is 58.4. The van der Waals surface area contributed by atoms with Crippen LogP contribution in [0.5, 0.6) is 0 Å². The van der Waals surface area contributed by atoms with Gasteiger partial charge in [-0.15, -0.1) is 0 Å². The summed E-state index contributed by atoms with van der Waals surface area (Å²) in [5, 5.41) is 6.57. The number of anilines is 1. The van der Waals surface area contributed by atoms with Crippen LogP contribution >= 0.6 is 11.3 Å². The minimum absolute atomic E-state index is 0.0123. The minimum atomic E-state index is -0.737. The van der Waals surface area contributed by atoms with Gasteiger partial charge in [0, 0.05) is 36.3 Å². The van der Waals surface area contributed by atoms with Gasteiger partial charge in [-0.05, 0) is 67.3 Å². The molecule has 9 heteroatoms. The number of carbonyl (C=O) groups is 4. The summed E-state index contributed by atoms with van der Waals surface area (Å²) in [7, 11) is 0. The Morgan fingerprint density at radius 1 is 1.00 bits per heavy atom. The SMILES string of the molecule is CC(C)CC(NC(=O)c1ccc(N2CCCC2)cc1)C(=O)N1CCC2C1C(=O)CN2C(=O)c1ccsc1. The summed E-state index contributed by atoms with van der Waals surface area (Å²) < 4.78 is 0. The van der Waals surface area contributed by atoms with Crippen molar-refractivity contribution in [1.82, 2.24) is 15.1 Å². The number of carbonyl (C=O) groups excluding carboxylic acids is 4. The predicted molar refractivity (Wildman–Crippen MR) is 143 cm³/mol. The Bertz CT molecular complexity index is 1160. The number of ketones is 1. The van der Waals surface area contributed by atoms with Gasteiger partial charge in [0.2, 0.25) is 5.91 Å². The molecular weight excluding hydrogens is 488 g/mol. The summed E-state index contributed by atoms with van der Waals surface area (Å²) in [6.07, 6.45) is 3.39. The van der Waals surface area contributed by atoms with Gasteiger partial charge in [-0.25, -0.2) is 0 Å². The standard InChI is InChI=1S/C28H34N4O4S/c1-18(2)15-22(29-26(34)19-5-7-21(8-6-19)30-11-3-4-12-30)28(36)31-13-9-23-25(31)24(33)16-32(23)27(35)20-10-14-37-17-20/h5-8,10,14,17-18,22-23,25H,3-4,9,11-13,15-16H2,1-2H3,(H,29,34). The number of hydrogen-bond acceptors (Lipinski definition) is 6.